The van der Waals surface area contributed by atoms with Gasteiger partial charge in [0, 0.05) is 66.0 Å². The van der Waals surface area contributed by atoms with E-state index in [1.807, 2.05) is 0 Å². The van der Waals surface area contributed by atoms with E-state index >= 15 is 0 Å². The van der Waals surface area contributed by atoms with E-state index in [4.69, 9.17) is 46.2 Å². The summed E-state index contributed by atoms with van der Waals surface area (Å²) < 4.78 is 282. The number of hydrogen-bond donors (Lipinski definition) is 4. The van der Waals surface area contributed by atoms with Crippen molar-refractivity contribution in [2.24, 2.45) is 0 Å². The van der Waals surface area contributed by atoms with Crippen molar-refractivity contribution in [3.8, 4) is 0 Å². The van der Waals surface area contributed by atoms with Crippen molar-refractivity contribution in [1.82, 2.24) is 0 Å². The first-order valence-corrected chi connectivity index (χ1v) is 32.1. The fraction of sp³-hybridized carbons (Fsp3) is 0.333. The Bertz CT molecular complexity index is 2870. The predicted octanol–water partition coefficient (Wildman–Crippen LogP) is 12.2. The molecule has 0 fully saturated rings. The van der Waals surface area contributed by atoms with Gasteiger partial charge in [0.25, 0.3) is 0 Å². The number of allylic oxidation sites excluding steroid dienone is 1. The van der Waals surface area contributed by atoms with Gasteiger partial charge in [-0.1, -0.05) is 122 Å². The predicted molar refractivity (Wildman–Crippen MR) is 334 cm³/mol. The van der Waals surface area contributed by atoms with Crippen molar-refractivity contribution in [1.29, 1.82) is 0 Å². The van der Waals surface area contributed by atoms with Gasteiger partial charge in [0.1, 0.15) is 5.76 Å². The number of halogens is 21. The van der Waals surface area contributed by atoms with Crippen molar-refractivity contribution in [3.05, 3.63) is 219 Å². The first-order valence-electron chi connectivity index (χ1n) is 27.2. The second-order valence-corrected chi connectivity index (χ2v) is 24.4. The molecule has 4 N–H and O–H groups in total. The monoisotopic (exact) mass is 1620 g/mol. The Labute approximate surface area is 628 Å². The van der Waals surface area contributed by atoms with Gasteiger partial charge in [0.2, 0.25) is 0 Å². The van der Waals surface area contributed by atoms with E-state index in [0.717, 1.165) is 0 Å². The Hall–Kier alpha value is -4.34. The quantitative estimate of drug-likeness (QED) is 0.00868. The zero-order valence-electron chi connectivity index (χ0n) is 53.6. The van der Waals surface area contributed by atoms with Crippen molar-refractivity contribution in [2.45, 2.75) is 129 Å². The molecular weight excluding hydrogens is 1550 g/mol. The Kier molecular flexibility index (Phi) is 55.7. The van der Waals surface area contributed by atoms with E-state index in [1.54, 1.807) is 6.92 Å². The molecule has 0 aliphatic carbocycles. The molecule has 100 heavy (non-hydrogen) atoms. The van der Waals surface area contributed by atoms with Crippen molar-refractivity contribution in [2.75, 3.05) is 33.0 Å². The molecule has 0 heterocycles. The number of hydrogen-bond acceptors (Lipinski definition) is 10. The Morgan fingerprint density at radius 1 is 0.430 bits per heavy atom. The zero-order valence-corrected chi connectivity index (χ0v) is 62.5. The summed E-state index contributed by atoms with van der Waals surface area (Å²) >= 11 is 0.757. The van der Waals surface area contributed by atoms with Crippen molar-refractivity contribution >= 4 is 59.9 Å². The maximum atomic E-state index is 12.7. The Morgan fingerprint density at radius 3 is 0.750 bits per heavy atom. The zero-order chi connectivity index (χ0) is 76.2. The van der Waals surface area contributed by atoms with Crippen LogP contribution >= 0.6 is 15.9 Å². The normalized spacial score (nSPS) is 11.3. The molecule has 0 saturated heterocycles. The van der Waals surface area contributed by atoms with Gasteiger partial charge in [-0.25, -0.2) is 35.1 Å². The average Bonchev–Trinajstić information content (AvgIpc) is 0.827. The Balaban J connectivity index is -0.000000352. The van der Waals surface area contributed by atoms with E-state index < -0.39 is 146 Å². The molecule has 550 valence electrons. The molecular formula is C63H67BrF20Na2O10S4+2. The van der Waals surface area contributed by atoms with Crippen LogP contribution < -0.4 is 59.1 Å². The molecule has 0 spiro atoms. The SMILES string of the molecule is C=C(C)C(=C)OCCC(F)(F)C(C)(F)F.CC(F)(F)C(F)(F)CCO.O=S(=O)=O.O=S=O.OCCC(F)(F)C(F)(F)Br.OCCC(F)(F)[C-](F)F.OCCC(F)(F)[C-](F)F.[Na+].[Na+].c1ccc([S+](c2ccccc2)c2ccccc2)cc1.c1ccc([S+](c2ccccc2)c2ccccc2)cc1. The maximum absolute atomic E-state index is 12.7. The minimum atomic E-state index is -4.23. The van der Waals surface area contributed by atoms with Gasteiger partial charge in [-0.15, -0.1) is 12.6 Å². The van der Waals surface area contributed by atoms with Gasteiger partial charge in [0.15, 0.2) is 41.2 Å². The number of aliphatic hydroxyl groups excluding tert-OH is 4. The minimum absolute atomic E-state index is 0. The first-order chi connectivity index (χ1) is 45.3. The van der Waals surface area contributed by atoms with Crippen molar-refractivity contribution in [3.63, 3.8) is 0 Å². The molecule has 0 aliphatic rings. The summed E-state index contributed by atoms with van der Waals surface area (Å²) in [5.41, 5.74) is 0.474. The average molecular weight is 1620 g/mol. The van der Waals surface area contributed by atoms with Crippen molar-refractivity contribution < 1.29 is 193 Å². The molecule has 0 atom stereocenters. The summed E-state index contributed by atoms with van der Waals surface area (Å²) in [4.78, 5) is 3.93. The second-order valence-electron chi connectivity index (χ2n) is 18.8. The molecule has 6 rings (SSSR count). The van der Waals surface area contributed by atoms with Gasteiger partial charge >= 0.3 is 116 Å². The molecule has 0 saturated carbocycles. The van der Waals surface area contributed by atoms with Crippen LogP contribution in [-0.4, -0.2) is 121 Å². The first kappa shape index (κ1) is 104. The molecule has 0 amide bonds. The summed E-state index contributed by atoms with van der Waals surface area (Å²) in [6.07, 6.45) is -11.8. The van der Waals surface area contributed by atoms with E-state index in [2.05, 4.69) is 195 Å². The van der Waals surface area contributed by atoms with Crippen LogP contribution in [-0.2, 0) is 48.7 Å². The van der Waals surface area contributed by atoms with Gasteiger partial charge in [-0.05, 0) is 101 Å². The molecule has 0 aromatic heterocycles. The van der Waals surface area contributed by atoms with Crippen LogP contribution in [0.2, 0.25) is 0 Å². The third kappa shape index (κ3) is 45.0. The minimum Gasteiger partial charge on any atom is -0.494 e. The number of ether oxygens (including phenoxy) is 1. The molecule has 10 nitrogen and oxygen atoms in total. The van der Waals surface area contributed by atoms with Crippen LogP contribution in [0.15, 0.2) is 236 Å². The molecule has 6 aromatic rings. The fourth-order valence-corrected chi connectivity index (χ4v) is 10.3. The van der Waals surface area contributed by atoms with E-state index in [0.29, 0.717) is 5.57 Å². The standard InChI is InChI=1S/2C18H15S.C10H14F4O.C5H8F4O.C4H5BrF4O.2C4H5F4O.2Na.O3S.O2S/c2*1-4-10-16(11-5-1)19(17-12-6-2-7-13-17)18-14-8-3-9-15-18;1-7(2)8(3)15-6-5-10(13,14)9(4,11)12;1-4(6,7)5(8,9)2-3-10;5-4(8,9)3(6,7)1-2-10;2*5-3(6)4(7,8)1-2-9;;;1-4(2)3;1-3-2/h2*1-15H;1,3,5-6H2,2,4H3;10H,2-3H2,1H3;10H,1-2H2;2*9H,1-2H2;;;;/q2*+1;;;;2*-1;2*+1;;. The number of benzene rings is 6. The topological polar surface area (TPSA) is 175 Å². The van der Waals surface area contributed by atoms with Gasteiger partial charge in [-0.3, -0.25) is 0 Å². The summed E-state index contributed by atoms with van der Waals surface area (Å²) in [5, 5.41) is 31.5. The summed E-state index contributed by atoms with van der Waals surface area (Å²) in [5.74, 6) is -28.5. The number of aliphatic hydroxyl groups is 4. The summed E-state index contributed by atoms with van der Waals surface area (Å²) in [6, 6.07) is 64.3. The third-order valence-corrected chi connectivity index (χ3v) is 16.0. The molecule has 0 unspecified atom stereocenters. The van der Waals surface area contributed by atoms with E-state index in [-0.39, 0.29) is 101 Å². The largest absolute Gasteiger partial charge is 1.00 e. The van der Waals surface area contributed by atoms with Crippen LogP contribution in [0, 0.1) is 12.9 Å². The molecule has 0 bridgehead atoms. The number of alkyl halides is 17. The van der Waals surface area contributed by atoms with Crippen LogP contribution in [0.1, 0.15) is 52.9 Å². The van der Waals surface area contributed by atoms with Crippen LogP contribution in [0.5, 0.6) is 0 Å². The molecule has 0 aliphatic heterocycles. The van der Waals surface area contributed by atoms with E-state index in [1.165, 1.54) is 45.3 Å². The van der Waals surface area contributed by atoms with Crippen LogP contribution in [0.25, 0.3) is 0 Å². The smallest absolute Gasteiger partial charge is 0.494 e. The van der Waals surface area contributed by atoms with Gasteiger partial charge < -0.3 is 42.7 Å². The molecule has 6 aromatic carbocycles. The summed E-state index contributed by atoms with van der Waals surface area (Å²) in [7, 11) is -3.14. The van der Waals surface area contributed by atoms with Gasteiger partial charge in [-0.2, -0.15) is 43.5 Å². The van der Waals surface area contributed by atoms with Crippen LogP contribution in [0.4, 0.5) is 87.8 Å². The second kappa shape index (κ2) is 53.4. The van der Waals surface area contributed by atoms with Gasteiger partial charge in [0.05, 0.1) is 47.7 Å². The van der Waals surface area contributed by atoms with E-state index in [9.17, 15) is 87.8 Å². The summed E-state index contributed by atoms with van der Waals surface area (Å²) in [6.45, 7) is 4.44. The van der Waals surface area contributed by atoms with Crippen LogP contribution in [0.3, 0.4) is 0 Å². The third-order valence-electron chi connectivity index (χ3n) is 11.0. The number of rotatable bonds is 24. The molecule has 37 heteroatoms. The fourth-order valence-electron chi connectivity index (χ4n) is 5.91. The molecule has 0 radical (unpaired) electrons. The Morgan fingerprint density at radius 2 is 0.620 bits per heavy atom. The maximum Gasteiger partial charge on any atom is 1.00 e.